The maximum Gasteiger partial charge on any atom is 0.0542 e. The van der Waals surface area contributed by atoms with Gasteiger partial charge in [-0.25, -0.2) is 0 Å². The fourth-order valence-corrected chi connectivity index (χ4v) is 1.31. The van der Waals surface area contributed by atoms with Crippen LogP contribution in [0.25, 0.3) is 0 Å². The highest BCUT2D eigenvalue weighted by Gasteiger charge is 1.92. The van der Waals surface area contributed by atoms with Gasteiger partial charge in [0.1, 0.15) is 0 Å². The molecule has 1 aromatic rings. The van der Waals surface area contributed by atoms with Crippen LogP contribution in [-0.2, 0) is 6.42 Å². The zero-order valence-corrected chi connectivity index (χ0v) is 7.64. The van der Waals surface area contributed by atoms with E-state index in [4.69, 9.17) is 5.73 Å². The molecule has 0 fully saturated rings. The Hall–Kier alpha value is -0.980. The molecule has 0 saturated heterocycles. The molecule has 0 aliphatic heterocycles. The van der Waals surface area contributed by atoms with E-state index in [9.17, 15) is 0 Å². The highest BCUT2D eigenvalue weighted by atomic mass is 14.5. The summed E-state index contributed by atoms with van der Waals surface area (Å²) in [6.45, 7) is 2.21. The Morgan fingerprint density at radius 2 is 2.08 bits per heavy atom. The molecule has 0 aliphatic carbocycles. The molecule has 1 nitrogen and oxygen atoms in total. The molecule has 1 rings (SSSR count). The Morgan fingerprint density at radius 3 is 2.75 bits per heavy atom. The highest BCUT2D eigenvalue weighted by molar-refractivity contribution is 5.37. The molecule has 0 aromatic heterocycles. The van der Waals surface area contributed by atoms with Crippen LogP contribution in [-0.4, -0.2) is 0 Å². The second-order valence-corrected chi connectivity index (χ2v) is 3.16. The van der Waals surface area contributed by atoms with E-state index in [-0.39, 0.29) is 0 Å². The average Bonchev–Trinajstić information content (AvgIpc) is 2.05. The molecule has 0 spiro atoms. The summed E-state index contributed by atoms with van der Waals surface area (Å²) in [5.41, 5.74) is 9.35. The third-order valence-corrected chi connectivity index (χ3v) is 2.00. The van der Waals surface area contributed by atoms with E-state index >= 15 is 0 Å². The van der Waals surface area contributed by atoms with Crippen LogP contribution in [0.5, 0.6) is 0 Å². The van der Waals surface area contributed by atoms with E-state index in [1.54, 1.807) is 0 Å². The molecular weight excluding hydrogens is 146 g/mol. The van der Waals surface area contributed by atoms with Gasteiger partial charge in [0.05, 0.1) is 5.69 Å². The Bertz CT molecular complexity index is 230. The van der Waals surface area contributed by atoms with Gasteiger partial charge in [0.25, 0.3) is 0 Å². The lowest BCUT2D eigenvalue weighted by molar-refractivity contribution is 0.717. The predicted molar refractivity (Wildman–Crippen MR) is 52.4 cm³/mol. The number of unbranched alkanes of at least 4 members (excludes halogenated alkanes) is 2. The number of benzene rings is 1. The first-order valence-corrected chi connectivity index (χ1v) is 4.63. The van der Waals surface area contributed by atoms with Crippen LogP contribution < -0.4 is 5.73 Å². The van der Waals surface area contributed by atoms with E-state index in [1.807, 2.05) is 18.2 Å². The third kappa shape index (κ3) is 2.95. The first-order valence-electron chi connectivity index (χ1n) is 4.63. The molecule has 0 heterocycles. The summed E-state index contributed by atoms with van der Waals surface area (Å²) in [7, 11) is 0. The van der Waals surface area contributed by atoms with Crippen LogP contribution in [0.15, 0.2) is 24.3 Å². The van der Waals surface area contributed by atoms with Gasteiger partial charge in [0.2, 0.25) is 0 Å². The molecule has 0 amide bonds. The van der Waals surface area contributed by atoms with Crippen molar-refractivity contribution in [2.24, 2.45) is 0 Å². The minimum atomic E-state index is 0.629. The molecule has 1 N–H and O–H groups in total. The van der Waals surface area contributed by atoms with Crippen molar-refractivity contribution in [3.05, 3.63) is 29.8 Å². The maximum absolute atomic E-state index is 7.42. The number of hydrogen-bond acceptors (Lipinski definition) is 0. The fourth-order valence-electron chi connectivity index (χ4n) is 1.31. The van der Waals surface area contributed by atoms with Crippen molar-refractivity contribution in [2.75, 3.05) is 0 Å². The fraction of sp³-hybridized carbons (Fsp3) is 0.455. The molecular formula is C11H16N. The predicted octanol–water partition coefficient (Wildman–Crippen LogP) is 3.33. The van der Waals surface area contributed by atoms with Gasteiger partial charge in [-0.2, -0.15) is 0 Å². The second-order valence-electron chi connectivity index (χ2n) is 3.16. The Morgan fingerprint density at radius 1 is 1.25 bits per heavy atom. The number of hydrogen-bond donors (Lipinski definition) is 0. The van der Waals surface area contributed by atoms with Gasteiger partial charge in [-0.3, -0.25) is 0 Å². The first kappa shape index (κ1) is 9.11. The monoisotopic (exact) mass is 162 g/mol. The van der Waals surface area contributed by atoms with Crippen LogP contribution in [0.1, 0.15) is 31.7 Å². The number of rotatable bonds is 4. The molecule has 1 radical (unpaired) electrons. The lowest BCUT2D eigenvalue weighted by Gasteiger charge is -2.00. The minimum absolute atomic E-state index is 0.629. The van der Waals surface area contributed by atoms with Crippen LogP contribution in [0, 0.1) is 0 Å². The molecule has 0 saturated carbocycles. The van der Waals surface area contributed by atoms with E-state index in [1.165, 1.54) is 24.8 Å². The lowest BCUT2D eigenvalue weighted by atomic mass is 10.1. The second kappa shape index (κ2) is 4.81. The molecule has 0 atom stereocenters. The van der Waals surface area contributed by atoms with Crippen molar-refractivity contribution >= 4 is 5.69 Å². The first-order chi connectivity index (χ1) is 5.83. The van der Waals surface area contributed by atoms with E-state index < -0.39 is 0 Å². The number of nitrogens with one attached hydrogen (secondary N) is 1. The van der Waals surface area contributed by atoms with Gasteiger partial charge in [0.15, 0.2) is 0 Å². The van der Waals surface area contributed by atoms with Gasteiger partial charge in [-0.05, 0) is 30.5 Å². The normalized spacial score (nSPS) is 10.1. The van der Waals surface area contributed by atoms with Crippen LogP contribution >= 0.6 is 0 Å². The summed E-state index contributed by atoms with van der Waals surface area (Å²) < 4.78 is 0. The summed E-state index contributed by atoms with van der Waals surface area (Å²) in [5.74, 6) is 0. The van der Waals surface area contributed by atoms with Crippen molar-refractivity contribution in [3.8, 4) is 0 Å². The summed E-state index contributed by atoms with van der Waals surface area (Å²) in [6.07, 6.45) is 4.93. The van der Waals surface area contributed by atoms with Crippen molar-refractivity contribution in [1.82, 2.24) is 5.73 Å². The summed E-state index contributed by atoms with van der Waals surface area (Å²) in [4.78, 5) is 0. The van der Waals surface area contributed by atoms with Crippen molar-refractivity contribution in [1.29, 1.82) is 0 Å². The lowest BCUT2D eigenvalue weighted by Crippen LogP contribution is -1.84. The van der Waals surface area contributed by atoms with Crippen molar-refractivity contribution in [2.45, 2.75) is 32.6 Å². The van der Waals surface area contributed by atoms with Crippen molar-refractivity contribution < 1.29 is 0 Å². The topological polar surface area (TPSA) is 23.8 Å². The molecule has 12 heavy (non-hydrogen) atoms. The van der Waals surface area contributed by atoms with Crippen LogP contribution in [0.4, 0.5) is 5.69 Å². The average molecular weight is 162 g/mol. The van der Waals surface area contributed by atoms with Crippen molar-refractivity contribution in [3.63, 3.8) is 0 Å². The zero-order chi connectivity index (χ0) is 8.81. The van der Waals surface area contributed by atoms with Gasteiger partial charge in [0, 0.05) is 0 Å². The Kier molecular flexibility index (Phi) is 3.65. The minimum Gasteiger partial charge on any atom is -0.301 e. The van der Waals surface area contributed by atoms with Gasteiger partial charge < -0.3 is 5.73 Å². The summed E-state index contributed by atoms with van der Waals surface area (Å²) >= 11 is 0. The van der Waals surface area contributed by atoms with Gasteiger partial charge >= 0.3 is 0 Å². The molecule has 0 aliphatic rings. The Labute approximate surface area is 74.6 Å². The van der Waals surface area contributed by atoms with Gasteiger partial charge in [-0.15, -0.1) is 0 Å². The van der Waals surface area contributed by atoms with E-state index in [0.717, 1.165) is 6.42 Å². The summed E-state index contributed by atoms with van der Waals surface area (Å²) in [6, 6.07) is 7.84. The smallest absolute Gasteiger partial charge is 0.0542 e. The summed E-state index contributed by atoms with van der Waals surface area (Å²) in [5, 5.41) is 0. The molecule has 1 heteroatoms. The number of aryl methyl sites for hydroxylation is 1. The van der Waals surface area contributed by atoms with E-state index in [0.29, 0.717) is 5.69 Å². The quantitative estimate of drug-likeness (QED) is 0.606. The maximum atomic E-state index is 7.42. The molecule has 65 valence electrons. The van der Waals surface area contributed by atoms with E-state index in [2.05, 4.69) is 13.0 Å². The Balaban J connectivity index is 2.41. The molecule has 0 unspecified atom stereocenters. The van der Waals surface area contributed by atoms with Crippen LogP contribution in [0.2, 0.25) is 0 Å². The highest BCUT2D eigenvalue weighted by Crippen LogP contribution is 2.11. The largest absolute Gasteiger partial charge is 0.301 e. The standard InChI is InChI=1S/C11H16N/c1-2-3-4-6-10-7-5-8-11(12)9-10/h5,7-9,12H,2-4,6H2,1H3. The SMILES string of the molecule is CCCCCc1cccc([NH])c1. The molecule has 0 bridgehead atoms. The van der Waals surface area contributed by atoms with Gasteiger partial charge in [-0.1, -0.05) is 31.9 Å². The zero-order valence-electron chi connectivity index (χ0n) is 7.64. The molecule has 1 aromatic carbocycles. The van der Waals surface area contributed by atoms with Crippen LogP contribution in [0.3, 0.4) is 0 Å². The third-order valence-electron chi connectivity index (χ3n) is 2.00.